The standard InChI is InChI=1S/C31H47N7O7S/c1-19(39)33-27-34-22(24(46-27)25(41)38(10)18-17-23(40)37(8)9)16-13-20-11-14-21(15-12-20)35-31(29(2,3)4,44-26(32)42)45-28(43)36-30(5,6)7/h11-12,14-15,35H,13,16-18H2,1-10H3,(H2,32,42)(H,36,43)(H,33,34,39). The van der Waals surface area contributed by atoms with Crippen molar-refractivity contribution >= 4 is 52.1 Å². The van der Waals surface area contributed by atoms with Gasteiger partial charge >= 0.3 is 18.1 Å². The molecule has 0 aliphatic heterocycles. The maximum atomic E-state index is 13.3. The summed E-state index contributed by atoms with van der Waals surface area (Å²) in [5, 5.41) is 8.68. The Labute approximate surface area is 274 Å². The van der Waals surface area contributed by atoms with Gasteiger partial charge in [-0.15, -0.1) is 0 Å². The fourth-order valence-electron chi connectivity index (χ4n) is 4.03. The van der Waals surface area contributed by atoms with Gasteiger partial charge in [0.2, 0.25) is 11.8 Å². The number of hydrogen-bond donors (Lipinski definition) is 4. The van der Waals surface area contributed by atoms with Gasteiger partial charge in [-0.2, -0.15) is 0 Å². The van der Waals surface area contributed by atoms with Gasteiger partial charge in [-0.05, 0) is 51.3 Å². The van der Waals surface area contributed by atoms with Crippen molar-refractivity contribution in [3.8, 4) is 0 Å². The summed E-state index contributed by atoms with van der Waals surface area (Å²) in [6.45, 7) is 12.1. The summed E-state index contributed by atoms with van der Waals surface area (Å²) in [6, 6.07) is 7.13. The lowest BCUT2D eigenvalue weighted by atomic mass is 9.90. The average molecular weight is 662 g/mol. The van der Waals surface area contributed by atoms with Crippen LogP contribution in [0.2, 0.25) is 0 Å². The zero-order valence-corrected chi connectivity index (χ0v) is 29.1. The van der Waals surface area contributed by atoms with E-state index in [0.717, 1.165) is 16.9 Å². The number of thiazole rings is 1. The summed E-state index contributed by atoms with van der Waals surface area (Å²) < 4.78 is 11.1. The molecule has 0 aliphatic carbocycles. The number of carbonyl (C=O) groups excluding carboxylic acids is 5. The summed E-state index contributed by atoms with van der Waals surface area (Å²) in [5.41, 5.74) is 5.72. The van der Waals surface area contributed by atoms with Crippen molar-refractivity contribution in [1.82, 2.24) is 20.1 Å². The van der Waals surface area contributed by atoms with Gasteiger partial charge in [0, 0.05) is 52.3 Å². The Bertz CT molecular complexity index is 1410. The Kier molecular flexibility index (Phi) is 12.5. The first-order chi connectivity index (χ1) is 21.1. The Morgan fingerprint density at radius 2 is 1.54 bits per heavy atom. The Hall–Kier alpha value is -4.40. The molecule has 0 radical (unpaired) electrons. The average Bonchev–Trinajstić information content (AvgIpc) is 3.30. The number of aryl methyl sites for hydroxylation is 2. The minimum Gasteiger partial charge on any atom is -0.387 e. The summed E-state index contributed by atoms with van der Waals surface area (Å²) in [6.07, 6.45) is -0.879. The minimum absolute atomic E-state index is 0.0956. The molecule has 2 rings (SSSR count). The molecule has 254 valence electrons. The predicted octanol–water partition coefficient (Wildman–Crippen LogP) is 4.17. The van der Waals surface area contributed by atoms with E-state index in [1.54, 1.807) is 74.8 Å². The van der Waals surface area contributed by atoms with Crippen LogP contribution in [0.1, 0.15) is 75.8 Å². The molecule has 1 unspecified atom stereocenters. The number of ether oxygens (including phenoxy) is 2. The molecule has 15 heteroatoms. The summed E-state index contributed by atoms with van der Waals surface area (Å²) >= 11 is 1.09. The second-order valence-electron chi connectivity index (χ2n) is 13.1. The number of amides is 5. The van der Waals surface area contributed by atoms with Crippen LogP contribution in [0.3, 0.4) is 0 Å². The van der Waals surface area contributed by atoms with Gasteiger partial charge in [0.1, 0.15) is 4.88 Å². The number of carbonyl (C=O) groups is 5. The van der Waals surface area contributed by atoms with Gasteiger partial charge in [-0.3, -0.25) is 14.4 Å². The van der Waals surface area contributed by atoms with E-state index < -0.39 is 29.1 Å². The van der Waals surface area contributed by atoms with Crippen molar-refractivity contribution in [1.29, 1.82) is 0 Å². The topological polar surface area (TPSA) is 185 Å². The van der Waals surface area contributed by atoms with Crippen LogP contribution in [0.25, 0.3) is 0 Å². The third kappa shape index (κ3) is 11.2. The van der Waals surface area contributed by atoms with Crippen LogP contribution in [0, 0.1) is 5.41 Å². The van der Waals surface area contributed by atoms with Crippen LogP contribution in [0.15, 0.2) is 24.3 Å². The highest BCUT2D eigenvalue weighted by atomic mass is 32.1. The maximum Gasteiger partial charge on any atom is 0.412 e. The SMILES string of the molecule is CC(=O)Nc1nc(CCc2ccc(NC(OC(N)=O)(OC(=O)NC(C)(C)C)C(C)(C)C)cc2)c(C(=O)N(C)CCC(=O)N(C)C)s1. The van der Waals surface area contributed by atoms with E-state index in [9.17, 15) is 24.0 Å². The molecule has 0 fully saturated rings. The Morgan fingerprint density at radius 3 is 2.04 bits per heavy atom. The highest BCUT2D eigenvalue weighted by Crippen LogP contribution is 2.37. The van der Waals surface area contributed by atoms with Crippen molar-refractivity contribution in [2.45, 2.75) is 79.2 Å². The molecule has 0 saturated heterocycles. The Morgan fingerprint density at radius 1 is 0.935 bits per heavy atom. The lowest BCUT2D eigenvalue weighted by molar-refractivity contribution is -0.202. The van der Waals surface area contributed by atoms with Crippen LogP contribution in [-0.2, 0) is 31.9 Å². The van der Waals surface area contributed by atoms with Gasteiger partial charge in [0.05, 0.1) is 11.1 Å². The van der Waals surface area contributed by atoms with Crippen LogP contribution in [0.4, 0.5) is 20.4 Å². The van der Waals surface area contributed by atoms with Gasteiger partial charge in [0.25, 0.3) is 5.91 Å². The van der Waals surface area contributed by atoms with Crippen LogP contribution in [-0.4, -0.2) is 83.8 Å². The molecule has 0 spiro atoms. The quantitative estimate of drug-likeness (QED) is 0.242. The van der Waals surface area contributed by atoms with E-state index in [1.165, 1.54) is 16.7 Å². The molecular formula is C31H47N7O7S. The number of benzene rings is 1. The van der Waals surface area contributed by atoms with E-state index in [-0.39, 0.29) is 30.7 Å². The van der Waals surface area contributed by atoms with Crippen LogP contribution in [0.5, 0.6) is 0 Å². The van der Waals surface area contributed by atoms with Crippen LogP contribution < -0.4 is 21.7 Å². The van der Waals surface area contributed by atoms with Gasteiger partial charge in [-0.1, -0.05) is 44.2 Å². The van der Waals surface area contributed by atoms with E-state index in [4.69, 9.17) is 15.2 Å². The van der Waals surface area contributed by atoms with E-state index in [2.05, 4.69) is 20.9 Å². The molecule has 1 atom stereocenters. The van der Waals surface area contributed by atoms with Crippen molar-refractivity contribution < 1.29 is 33.4 Å². The number of hydrogen-bond acceptors (Lipinski definition) is 10. The van der Waals surface area contributed by atoms with Crippen molar-refractivity contribution in [2.24, 2.45) is 11.1 Å². The zero-order valence-electron chi connectivity index (χ0n) is 28.3. The maximum absolute atomic E-state index is 13.3. The van der Waals surface area contributed by atoms with Gasteiger partial charge in [0.15, 0.2) is 5.13 Å². The lowest BCUT2D eigenvalue weighted by Gasteiger charge is -2.42. The molecule has 5 N–H and O–H groups in total. The molecule has 0 bridgehead atoms. The molecule has 5 amide bonds. The molecule has 0 aliphatic rings. The number of alkyl carbamates (subject to hydrolysis) is 1. The molecule has 46 heavy (non-hydrogen) atoms. The molecule has 14 nitrogen and oxygen atoms in total. The second-order valence-corrected chi connectivity index (χ2v) is 14.1. The molecule has 2 aromatic rings. The number of aromatic nitrogens is 1. The summed E-state index contributed by atoms with van der Waals surface area (Å²) in [7, 11) is 4.93. The molecule has 1 heterocycles. The smallest absolute Gasteiger partial charge is 0.387 e. The van der Waals surface area contributed by atoms with Gasteiger partial charge < -0.3 is 41.0 Å². The monoisotopic (exact) mass is 661 g/mol. The highest BCUT2D eigenvalue weighted by Gasteiger charge is 2.50. The van der Waals surface area contributed by atoms with E-state index >= 15 is 0 Å². The number of nitrogens with zero attached hydrogens (tertiary/aromatic N) is 3. The zero-order chi connectivity index (χ0) is 35.0. The van der Waals surface area contributed by atoms with Crippen molar-refractivity contribution in [3.63, 3.8) is 0 Å². The number of nitrogens with two attached hydrogens (primary N) is 1. The normalized spacial score (nSPS) is 12.7. The largest absolute Gasteiger partial charge is 0.412 e. The third-order valence-corrected chi connectivity index (χ3v) is 7.54. The number of anilines is 2. The van der Waals surface area contributed by atoms with E-state index in [1.807, 2.05) is 12.1 Å². The first-order valence-corrected chi connectivity index (χ1v) is 15.5. The molecule has 0 saturated carbocycles. The van der Waals surface area contributed by atoms with Gasteiger partial charge in [-0.25, -0.2) is 14.6 Å². The second kappa shape index (κ2) is 15.3. The van der Waals surface area contributed by atoms with Crippen molar-refractivity contribution in [2.75, 3.05) is 38.3 Å². The third-order valence-electron chi connectivity index (χ3n) is 6.54. The fourth-order valence-corrected chi connectivity index (χ4v) is 5.08. The number of nitrogens with one attached hydrogen (secondary N) is 3. The molecule has 1 aromatic carbocycles. The number of primary amides is 1. The predicted molar refractivity (Wildman–Crippen MR) is 176 cm³/mol. The minimum atomic E-state index is -1.95. The first-order valence-electron chi connectivity index (χ1n) is 14.7. The number of rotatable bonds is 12. The van der Waals surface area contributed by atoms with Crippen molar-refractivity contribution in [3.05, 3.63) is 40.4 Å². The fraction of sp³-hybridized carbons (Fsp3) is 0.548. The summed E-state index contributed by atoms with van der Waals surface area (Å²) in [4.78, 5) is 69.5. The van der Waals surface area contributed by atoms with Crippen LogP contribution >= 0.6 is 11.3 Å². The molecular weight excluding hydrogens is 614 g/mol. The molecule has 1 aromatic heterocycles. The van der Waals surface area contributed by atoms with E-state index in [0.29, 0.717) is 34.2 Å². The Balaban J connectivity index is 2.27. The lowest BCUT2D eigenvalue weighted by Crippen LogP contribution is -2.59. The summed E-state index contributed by atoms with van der Waals surface area (Å²) in [5.74, 6) is -2.64. The highest BCUT2D eigenvalue weighted by molar-refractivity contribution is 7.17. The first kappa shape index (κ1) is 37.8.